The van der Waals surface area contributed by atoms with Gasteiger partial charge in [-0.3, -0.25) is 14.4 Å². The van der Waals surface area contributed by atoms with Crippen molar-refractivity contribution in [3.05, 3.63) is 71.3 Å². The van der Waals surface area contributed by atoms with Gasteiger partial charge in [0.05, 0.1) is 6.10 Å². The molecule has 3 aliphatic rings. The van der Waals surface area contributed by atoms with E-state index in [1.807, 2.05) is 44.2 Å². The molecular formula is C30H37NO6. The average molecular weight is 508 g/mol. The number of allylic oxidation sites excluding steroid dienone is 1. The fraction of sp³-hybridized carbons (Fsp3) is 0.500. The van der Waals surface area contributed by atoms with Crippen LogP contribution < -0.4 is 5.32 Å². The molecule has 7 heteroatoms. The number of carbonyl (C=O) groups is 3. The van der Waals surface area contributed by atoms with Crippen LogP contribution in [0.25, 0.3) is 0 Å². The molecule has 7 nitrogen and oxygen atoms in total. The third-order valence-corrected chi connectivity index (χ3v) is 8.49. The molecule has 1 aromatic rings. The Morgan fingerprint density at radius 3 is 2.46 bits per heavy atom. The van der Waals surface area contributed by atoms with Crippen molar-refractivity contribution in [1.29, 1.82) is 0 Å². The van der Waals surface area contributed by atoms with Crippen molar-refractivity contribution in [3.63, 3.8) is 0 Å². The van der Waals surface area contributed by atoms with Crippen molar-refractivity contribution < 1.29 is 29.3 Å². The van der Waals surface area contributed by atoms with E-state index in [0.29, 0.717) is 12.8 Å². The molecule has 8 atom stereocenters. The largest absolute Gasteiger partial charge is 0.457 e. The lowest BCUT2D eigenvalue weighted by Gasteiger charge is -2.49. The van der Waals surface area contributed by atoms with Gasteiger partial charge in [0.2, 0.25) is 5.91 Å². The molecule has 1 aromatic carbocycles. The molecular weight excluding hydrogens is 470 g/mol. The first kappa shape index (κ1) is 27.0. The fourth-order valence-electron chi connectivity index (χ4n) is 6.54. The second-order valence-corrected chi connectivity index (χ2v) is 11.0. The monoisotopic (exact) mass is 507 g/mol. The van der Waals surface area contributed by atoms with Gasteiger partial charge in [-0.05, 0) is 56.9 Å². The number of aliphatic hydroxyl groups is 2. The summed E-state index contributed by atoms with van der Waals surface area (Å²) in [4.78, 5) is 39.5. The highest BCUT2D eigenvalue weighted by Gasteiger charge is 2.67. The third kappa shape index (κ3) is 4.59. The summed E-state index contributed by atoms with van der Waals surface area (Å²) in [6, 6.07) is 9.52. The Morgan fingerprint density at radius 1 is 1.14 bits per heavy atom. The zero-order valence-corrected chi connectivity index (χ0v) is 22.1. The number of benzene rings is 1. The maximum Gasteiger partial charge on any atom is 0.303 e. The van der Waals surface area contributed by atoms with Crippen LogP contribution in [0, 0.1) is 23.2 Å². The van der Waals surface area contributed by atoms with Crippen molar-refractivity contribution in [1.82, 2.24) is 5.32 Å². The lowest BCUT2D eigenvalue weighted by atomic mass is 9.54. The summed E-state index contributed by atoms with van der Waals surface area (Å²) in [6.07, 6.45) is 5.17. The molecule has 37 heavy (non-hydrogen) atoms. The van der Waals surface area contributed by atoms with Crippen LogP contribution in [0.4, 0.5) is 0 Å². The standard InChI is InChI=1S/C30H37NO6/c1-17-10-9-13-22-26(33)19(3)18(2)25-23(16-21-11-7-6-8-12-21)31-28(35)30(22,25)24(37-20(4)32)14-15-29(5,36)27(17)34/h6-9,11-15,17,22-26,33,36H,10,16H2,1-5H3,(H,31,35)/b13-9-,15-14-/t17-,22-,23-,24+,25?,26+,29+,30+/m0/s1. The molecule has 1 unspecified atom stereocenters. The van der Waals surface area contributed by atoms with Crippen molar-refractivity contribution in [2.24, 2.45) is 23.2 Å². The summed E-state index contributed by atoms with van der Waals surface area (Å²) in [5, 5.41) is 25.7. The van der Waals surface area contributed by atoms with Gasteiger partial charge in [0.25, 0.3) is 0 Å². The van der Waals surface area contributed by atoms with Crippen molar-refractivity contribution in [3.8, 4) is 0 Å². The van der Waals surface area contributed by atoms with Gasteiger partial charge < -0.3 is 20.3 Å². The van der Waals surface area contributed by atoms with Gasteiger partial charge >= 0.3 is 5.97 Å². The molecule has 0 saturated carbocycles. The zero-order chi connectivity index (χ0) is 27.1. The van der Waals surface area contributed by atoms with Gasteiger partial charge in [0.1, 0.15) is 17.1 Å². The number of aliphatic hydroxyl groups excluding tert-OH is 1. The fourth-order valence-corrected chi connectivity index (χ4v) is 6.54. The Labute approximate surface area is 218 Å². The van der Waals surface area contributed by atoms with E-state index >= 15 is 0 Å². The minimum Gasteiger partial charge on any atom is -0.457 e. The Hall–Kier alpha value is -3.03. The number of carbonyl (C=O) groups excluding carboxylic acids is 3. The van der Waals surface area contributed by atoms with Crippen LogP contribution in [-0.2, 0) is 25.5 Å². The van der Waals surface area contributed by atoms with Gasteiger partial charge in [-0.15, -0.1) is 0 Å². The minimum absolute atomic E-state index is 0.314. The highest BCUT2D eigenvalue weighted by molar-refractivity contribution is 5.91. The first-order valence-corrected chi connectivity index (χ1v) is 12.9. The van der Waals surface area contributed by atoms with Crippen LogP contribution in [0.3, 0.4) is 0 Å². The van der Waals surface area contributed by atoms with Crippen molar-refractivity contribution >= 4 is 17.7 Å². The molecule has 1 fully saturated rings. The van der Waals surface area contributed by atoms with Crippen LogP contribution in [0.5, 0.6) is 0 Å². The molecule has 1 spiro atoms. The minimum atomic E-state index is -1.82. The number of Topliss-reactive ketones (excluding diaryl/α,β-unsaturated/α-hetero) is 1. The topological polar surface area (TPSA) is 113 Å². The summed E-state index contributed by atoms with van der Waals surface area (Å²) in [6.45, 7) is 8.20. The molecule has 0 aromatic heterocycles. The van der Waals surface area contributed by atoms with E-state index in [4.69, 9.17) is 4.74 Å². The number of hydrogen-bond donors (Lipinski definition) is 3. The number of esters is 1. The smallest absolute Gasteiger partial charge is 0.303 e. The lowest BCUT2D eigenvalue weighted by molar-refractivity contribution is -0.161. The number of ether oxygens (including phenoxy) is 1. The predicted octanol–water partition coefficient (Wildman–Crippen LogP) is 3.06. The summed E-state index contributed by atoms with van der Waals surface area (Å²) < 4.78 is 5.82. The average Bonchev–Trinajstić information content (AvgIpc) is 3.13. The van der Waals surface area contributed by atoms with E-state index in [1.54, 1.807) is 19.1 Å². The Morgan fingerprint density at radius 2 is 1.81 bits per heavy atom. The molecule has 3 N–H and O–H groups in total. The van der Waals surface area contributed by atoms with E-state index < -0.39 is 46.9 Å². The van der Waals surface area contributed by atoms with Gasteiger partial charge in [-0.1, -0.05) is 55.0 Å². The quantitative estimate of drug-likeness (QED) is 0.428. The van der Waals surface area contributed by atoms with Crippen LogP contribution in [0.15, 0.2) is 65.8 Å². The second kappa shape index (κ2) is 10.0. The van der Waals surface area contributed by atoms with Crippen LogP contribution in [0.1, 0.15) is 46.6 Å². The lowest BCUT2D eigenvalue weighted by Crippen LogP contribution is -2.58. The number of rotatable bonds is 3. The maximum atomic E-state index is 14.2. The summed E-state index contributed by atoms with van der Waals surface area (Å²) in [7, 11) is 0. The van der Waals surface area contributed by atoms with Gasteiger partial charge in [0, 0.05) is 30.7 Å². The number of ketones is 1. The van der Waals surface area contributed by atoms with Crippen LogP contribution >= 0.6 is 0 Å². The Kier molecular flexibility index (Phi) is 7.32. The highest BCUT2D eigenvalue weighted by atomic mass is 16.5. The third-order valence-electron chi connectivity index (χ3n) is 8.49. The van der Waals surface area contributed by atoms with E-state index in [9.17, 15) is 24.6 Å². The summed E-state index contributed by atoms with van der Waals surface area (Å²) in [5.41, 5.74) is -0.500. The molecule has 1 aliphatic heterocycles. The van der Waals surface area contributed by atoms with E-state index in [-0.39, 0.29) is 17.7 Å². The van der Waals surface area contributed by atoms with E-state index in [2.05, 4.69) is 5.32 Å². The molecule has 2 aliphatic carbocycles. The molecule has 4 rings (SSSR count). The molecule has 1 saturated heterocycles. The summed E-state index contributed by atoms with van der Waals surface area (Å²) in [5.74, 6) is -2.92. The molecule has 198 valence electrons. The van der Waals surface area contributed by atoms with Crippen molar-refractivity contribution in [2.75, 3.05) is 0 Å². The van der Waals surface area contributed by atoms with Gasteiger partial charge in [0.15, 0.2) is 5.78 Å². The number of hydrogen-bond acceptors (Lipinski definition) is 6. The highest BCUT2D eigenvalue weighted by Crippen LogP contribution is 2.57. The number of nitrogens with one attached hydrogen (secondary N) is 1. The summed E-state index contributed by atoms with van der Waals surface area (Å²) >= 11 is 0. The Bertz CT molecular complexity index is 1170. The van der Waals surface area contributed by atoms with E-state index in [0.717, 1.165) is 16.7 Å². The van der Waals surface area contributed by atoms with Gasteiger partial charge in [-0.2, -0.15) is 0 Å². The number of amides is 1. The van der Waals surface area contributed by atoms with Crippen LogP contribution in [0.2, 0.25) is 0 Å². The SMILES string of the molecule is CC(=O)O[C@@H]1/C=C\[C@@](C)(O)C(=O)[C@@H](C)C/C=C\[C@H]2[C@H](O)C(C)=C(C)C3[C@H](Cc4ccccc4)NC(=O)[C@@]312. The maximum absolute atomic E-state index is 14.2. The predicted molar refractivity (Wildman–Crippen MR) is 139 cm³/mol. The van der Waals surface area contributed by atoms with E-state index in [1.165, 1.54) is 26.0 Å². The second-order valence-electron chi connectivity index (χ2n) is 11.0. The molecule has 1 heterocycles. The normalized spacial score (nSPS) is 39.6. The molecule has 0 radical (unpaired) electrons. The molecule has 1 amide bonds. The first-order chi connectivity index (χ1) is 17.4. The first-order valence-electron chi connectivity index (χ1n) is 12.9. The van der Waals surface area contributed by atoms with Gasteiger partial charge in [-0.25, -0.2) is 0 Å². The Balaban J connectivity index is 1.96. The van der Waals surface area contributed by atoms with Crippen LogP contribution in [-0.4, -0.2) is 51.7 Å². The zero-order valence-electron chi connectivity index (χ0n) is 22.1. The molecule has 0 bridgehead atoms. The van der Waals surface area contributed by atoms with Crippen molar-refractivity contribution in [2.45, 2.75) is 71.3 Å².